The van der Waals surface area contributed by atoms with Gasteiger partial charge in [0, 0.05) is 23.7 Å². The highest BCUT2D eigenvalue weighted by Crippen LogP contribution is 2.35. The van der Waals surface area contributed by atoms with Gasteiger partial charge in [0.1, 0.15) is 5.75 Å². The van der Waals surface area contributed by atoms with Gasteiger partial charge in [0.15, 0.2) is 0 Å². The molecule has 4 heteroatoms. The minimum Gasteiger partial charge on any atom is -0.496 e. The average Bonchev–Trinajstić information content (AvgIpc) is 2.67. The van der Waals surface area contributed by atoms with Crippen LogP contribution in [0.1, 0.15) is 55.5 Å². The van der Waals surface area contributed by atoms with Crippen LogP contribution in [-0.4, -0.2) is 19.1 Å². The molecule has 4 nitrogen and oxygen atoms in total. The number of primary amides is 1. The third kappa shape index (κ3) is 4.89. The summed E-state index contributed by atoms with van der Waals surface area (Å²) in [4.78, 5) is 11.3. The third-order valence-electron chi connectivity index (χ3n) is 5.68. The number of nitrogens with two attached hydrogens (primary N) is 1. The molecule has 0 spiro atoms. The van der Waals surface area contributed by atoms with E-state index < -0.39 is 5.91 Å². The molecule has 1 fully saturated rings. The lowest BCUT2D eigenvalue weighted by molar-refractivity contribution is 0.100. The van der Waals surface area contributed by atoms with Gasteiger partial charge in [0.05, 0.1) is 7.11 Å². The monoisotopic (exact) mass is 366 g/mol. The van der Waals surface area contributed by atoms with Crippen molar-refractivity contribution in [3.63, 3.8) is 0 Å². The summed E-state index contributed by atoms with van der Waals surface area (Å²) >= 11 is 0. The first kappa shape index (κ1) is 19.4. The Morgan fingerprint density at radius 2 is 1.81 bits per heavy atom. The van der Waals surface area contributed by atoms with E-state index in [9.17, 15) is 4.79 Å². The fourth-order valence-electron chi connectivity index (χ4n) is 3.77. The summed E-state index contributed by atoms with van der Waals surface area (Å²) in [6.07, 6.45) is 5.05. The number of ether oxygens (including phenoxy) is 1. The lowest BCUT2D eigenvalue weighted by Crippen LogP contribution is -2.35. The molecule has 0 saturated heterocycles. The summed E-state index contributed by atoms with van der Waals surface area (Å²) in [7, 11) is 1.68. The Balaban J connectivity index is 1.72. The van der Waals surface area contributed by atoms with E-state index in [-0.39, 0.29) is 0 Å². The molecule has 3 rings (SSSR count). The van der Waals surface area contributed by atoms with E-state index in [1.165, 1.54) is 31.2 Å². The molecular weight excluding hydrogens is 336 g/mol. The number of benzene rings is 2. The van der Waals surface area contributed by atoms with E-state index >= 15 is 0 Å². The molecule has 2 aromatic rings. The van der Waals surface area contributed by atoms with Gasteiger partial charge in [-0.15, -0.1) is 0 Å². The minimum absolute atomic E-state index is 0.415. The van der Waals surface area contributed by atoms with Crippen LogP contribution in [-0.2, 0) is 6.54 Å². The predicted molar refractivity (Wildman–Crippen MR) is 110 cm³/mol. The fraction of sp³-hybridized carbons (Fsp3) is 0.435. The van der Waals surface area contributed by atoms with Crippen LogP contribution in [0.4, 0.5) is 0 Å². The van der Waals surface area contributed by atoms with Crippen molar-refractivity contribution in [1.29, 1.82) is 0 Å². The molecule has 0 aromatic heterocycles. The molecule has 0 unspecified atom stereocenters. The maximum absolute atomic E-state index is 11.3. The summed E-state index contributed by atoms with van der Waals surface area (Å²) in [6.45, 7) is 5.58. The standard InChI is InChI=1S/C23H30N2O2/c1-23(2)12-10-19(11-13-23)25-15-16-4-9-21(27-3)20(14-16)17-5-7-18(8-6-17)22(24)26/h4-9,14,19,25H,10-13,15H2,1-3H3,(H2,24,26). The second-order valence-corrected chi connectivity index (χ2v) is 8.30. The Morgan fingerprint density at radius 3 is 2.41 bits per heavy atom. The van der Waals surface area contributed by atoms with Crippen LogP contribution in [0.2, 0.25) is 0 Å². The molecule has 3 N–H and O–H groups in total. The zero-order valence-electron chi connectivity index (χ0n) is 16.5. The van der Waals surface area contributed by atoms with Gasteiger partial charge in [0.2, 0.25) is 5.91 Å². The Labute approximate surface area is 162 Å². The van der Waals surface area contributed by atoms with Gasteiger partial charge in [-0.3, -0.25) is 4.79 Å². The first-order valence-corrected chi connectivity index (χ1v) is 9.68. The van der Waals surface area contributed by atoms with Crippen molar-refractivity contribution in [1.82, 2.24) is 5.32 Å². The van der Waals surface area contributed by atoms with E-state index in [4.69, 9.17) is 10.5 Å². The highest BCUT2D eigenvalue weighted by atomic mass is 16.5. The Bertz CT molecular complexity index is 787. The molecule has 2 aromatic carbocycles. The Kier molecular flexibility index (Phi) is 5.85. The second-order valence-electron chi connectivity index (χ2n) is 8.30. The van der Waals surface area contributed by atoms with Gasteiger partial charge in [-0.2, -0.15) is 0 Å². The van der Waals surface area contributed by atoms with Gasteiger partial charge in [-0.25, -0.2) is 0 Å². The summed E-state index contributed by atoms with van der Waals surface area (Å²) < 4.78 is 5.54. The zero-order chi connectivity index (χ0) is 19.4. The molecule has 0 atom stereocenters. The lowest BCUT2D eigenvalue weighted by atomic mass is 9.75. The van der Waals surface area contributed by atoms with Crippen LogP contribution < -0.4 is 15.8 Å². The molecule has 27 heavy (non-hydrogen) atoms. The topological polar surface area (TPSA) is 64.3 Å². The quantitative estimate of drug-likeness (QED) is 0.790. The van der Waals surface area contributed by atoms with Crippen LogP contribution in [0.5, 0.6) is 5.75 Å². The van der Waals surface area contributed by atoms with Gasteiger partial charge >= 0.3 is 0 Å². The lowest BCUT2D eigenvalue weighted by Gasteiger charge is -2.34. The summed E-state index contributed by atoms with van der Waals surface area (Å²) in [5.74, 6) is 0.409. The number of nitrogens with one attached hydrogen (secondary N) is 1. The Hall–Kier alpha value is -2.33. The second kappa shape index (κ2) is 8.13. The van der Waals surface area contributed by atoms with E-state index in [0.717, 1.165) is 23.4 Å². The van der Waals surface area contributed by atoms with Gasteiger partial charge < -0.3 is 15.8 Å². The van der Waals surface area contributed by atoms with Gasteiger partial charge in [-0.05, 0) is 66.5 Å². The zero-order valence-corrected chi connectivity index (χ0v) is 16.5. The first-order chi connectivity index (χ1) is 12.9. The van der Waals surface area contributed by atoms with Crippen molar-refractivity contribution in [2.24, 2.45) is 11.1 Å². The number of amides is 1. The van der Waals surface area contributed by atoms with Crippen molar-refractivity contribution in [3.05, 3.63) is 53.6 Å². The van der Waals surface area contributed by atoms with Crippen LogP contribution >= 0.6 is 0 Å². The van der Waals surface area contributed by atoms with Crippen molar-refractivity contribution < 1.29 is 9.53 Å². The van der Waals surface area contributed by atoms with E-state index in [1.54, 1.807) is 19.2 Å². The molecule has 1 aliphatic carbocycles. The van der Waals surface area contributed by atoms with E-state index in [2.05, 4.69) is 31.3 Å². The maximum Gasteiger partial charge on any atom is 0.248 e. The molecule has 144 valence electrons. The van der Waals surface area contributed by atoms with E-state index in [1.807, 2.05) is 18.2 Å². The smallest absolute Gasteiger partial charge is 0.248 e. The number of methoxy groups -OCH3 is 1. The molecule has 1 amide bonds. The predicted octanol–water partition coefficient (Wildman–Crippen LogP) is 4.52. The number of carbonyl (C=O) groups is 1. The summed E-state index contributed by atoms with van der Waals surface area (Å²) in [5.41, 5.74) is 9.61. The SMILES string of the molecule is COc1ccc(CNC2CCC(C)(C)CC2)cc1-c1ccc(C(N)=O)cc1. The van der Waals surface area contributed by atoms with Crippen molar-refractivity contribution >= 4 is 5.91 Å². The van der Waals surface area contributed by atoms with Crippen molar-refractivity contribution in [3.8, 4) is 16.9 Å². The molecule has 0 bridgehead atoms. The molecule has 0 aliphatic heterocycles. The van der Waals surface area contributed by atoms with Crippen LogP contribution in [0, 0.1) is 5.41 Å². The Morgan fingerprint density at radius 1 is 1.15 bits per heavy atom. The van der Waals surface area contributed by atoms with Crippen LogP contribution in [0.3, 0.4) is 0 Å². The van der Waals surface area contributed by atoms with Crippen LogP contribution in [0.15, 0.2) is 42.5 Å². The third-order valence-corrected chi connectivity index (χ3v) is 5.68. The molecule has 1 aliphatic rings. The average molecular weight is 367 g/mol. The highest BCUT2D eigenvalue weighted by molar-refractivity contribution is 5.93. The fourth-order valence-corrected chi connectivity index (χ4v) is 3.77. The number of rotatable bonds is 6. The number of hydrogen-bond acceptors (Lipinski definition) is 3. The summed E-state index contributed by atoms with van der Waals surface area (Å²) in [5, 5.41) is 3.71. The maximum atomic E-state index is 11.3. The minimum atomic E-state index is -0.415. The molecule has 0 radical (unpaired) electrons. The van der Waals surface area contributed by atoms with E-state index in [0.29, 0.717) is 17.0 Å². The molecular formula is C23H30N2O2. The largest absolute Gasteiger partial charge is 0.496 e. The first-order valence-electron chi connectivity index (χ1n) is 9.68. The van der Waals surface area contributed by atoms with Gasteiger partial charge in [0.25, 0.3) is 0 Å². The normalized spacial score (nSPS) is 16.9. The highest BCUT2D eigenvalue weighted by Gasteiger charge is 2.26. The van der Waals surface area contributed by atoms with Gasteiger partial charge in [-0.1, -0.05) is 32.0 Å². The number of hydrogen-bond donors (Lipinski definition) is 2. The van der Waals surface area contributed by atoms with Crippen molar-refractivity contribution in [2.75, 3.05) is 7.11 Å². The molecule has 0 heterocycles. The number of carbonyl (C=O) groups excluding carboxylic acids is 1. The van der Waals surface area contributed by atoms with Crippen molar-refractivity contribution in [2.45, 2.75) is 52.1 Å². The molecule has 1 saturated carbocycles. The van der Waals surface area contributed by atoms with Crippen LogP contribution in [0.25, 0.3) is 11.1 Å². The summed E-state index contributed by atoms with van der Waals surface area (Å²) in [6, 6.07) is 14.2.